The third-order valence-electron chi connectivity index (χ3n) is 7.07. The van der Waals surface area contributed by atoms with Crippen LogP contribution < -0.4 is 9.62 Å². The molecule has 0 aliphatic rings. The van der Waals surface area contributed by atoms with E-state index in [2.05, 4.69) is 5.32 Å². The van der Waals surface area contributed by atoms with Crippen LogP contribution >= 0.6 is 23.2 Å². The van der Waals surface area contributed by atoms with E-state index in [1.165, 1.54) is 53.4 Å². The Bertz CT molecular complexity index is 1750. The molecule has 7 nitrogen and oxygen atoms in total. The topological polar surface area (TPSA) is 86.8 Å². The van der Waals surface area contributed by atoms with Gasteiger partial charge in [0.15, 0.2) is 0 Å². The second-order valence-corrected chi connectivity index (χ2v) is 13.6. The van der Waals surface area contributed by atoms with Crippen molar-refractivity contribution in [1.82, 2.24) is 10.2 Å². The van der Waals surface area contributed by atoms with Crippen molar-refractivity contribution in [2.24, 2.45) is 0 Å². The zero-order valence-electron chi connectivity index (χ0n) is 25.1. The lowest BCUT2D eigenvalue weighted by atomic mass is 10.0. The van der Waals surface area contributed by atoms with Crippen LogP contribution in [0.15, 0.2) is 102 Å². The lowest BCUT2D eigenvalue weighted by Crippen LogP contribution is -2.54. The van der Waals surface area contributed by atoms with Crippen molar-refractivity contribution in [1.29, 1.82) is 0 Å². The summed E-state index contributed by atoms with van der Waals surface area (Å²) < 4.78 is 44.1. The molecule has 0 saturated carbocycles. The molecule has 1 N–H and O–H groups in total. The number of amides is 2. The third kappa shape index (κ3) is 8.63. The Hall–Kier alpha value is -3.92. The fraction of sp³-hybridized carbons (Fsp3) is 0.235. The average molecular weight is 671 g/mol. The van der Waals surface area contributed by atoms with Gasteiger partial charge in [0, 0.05) is 29.6 Å². The van der Waals surface area contributed by atoms with E-state index in [0.29, 0.717) is 0 Å². The molecule has 0 fully saturated rings. The van der Waals surface area contributed by atoms with Gasteiger partial charge < -0.3 is 10.2 Å². The number of carbonyl (C=O) groups excluding carboxylic acids is 2. The largest absolute Gasteiger partial charge is 0.352 e. The van der Waals surface area contributed by atoms with Crippen molar-refractivity contribution in [3.8, 4) is 0 Å². The zero-order chi connectivity index (χ0) is 32.7. The van der Waals surface area contributed by atoms with E-state index in [4.69, 9.17) is 23.2 Å². The normalized spacial score (nSPS) is 12.1. The molecular weight excluding hydrogens is 636 g/mol. The number of nitrogens with one attached hydrogen (secondary N) is 1. The van der Waals surface area contributed by atoms with Crippen LogP contribution in [0.25, 0.3) is 0 Å². The van der Waals surface area contributed by atoms with Crippen LogP contribution in [0.4, 0.5) is 10.1 Å². The maximum atomic E-state index is 15.0. The van der Waals surface area contributed by atoms with Crippen LogP contribution in [0.1, 0.15) is 30.5 Å². The van der Waals surface area contributed by atoms with Crippen LogP contribution in [-0.2, 0) is 32.6 Å². The molecule has 0 aliphatic carbocycles. The summed E-state index contributed by atoms with van der Waals surface area (Å²) in [6.07, 6.45) is 0.0994. The summed E-state index contributed by atoms with van der Waals surface area (Å²) in [5, 5.41) is 3.11. The molecule has 0 bridgehead atoms. The number of carbonyl (C=O) groups is 2. The maximum absolute atomic E-state index is 15.0. The van der Waals surface area contributed by atoms with Gasteiger partial charge >= 0.3 is 0 Å². The van der Waals surface area contributed by atoms with Gasteiger partial charge in [-0.05, 0) is 62.7 Å². The van der Waals surface area contributed by atoms with Crippen molar-refractivity contribution in [3.63, 3.8) is 0 Å². The van der Waals surface area contributed by atoms with Gasteiger partial charge in [0.2, 0.25) is 11.8 Å². The summed E-state index contributed by atoms with van der Waals surface area (Å²) in [7, 11) is -4.38. The van der Waals surface area contributed by atoms with E-state index in [1.807, 2.05) is 37.3 Å². The highest BCUT2D eigenvalue weighted by Crippen LogP contribution is 2.33. The lowest BCUT2D eigenvalue weighted by Gasteiger charge is -2.34. The van der Waals surface area contributed by atoms with Gasteiger partial charge in [0.25, 0.3) is 10.0 Å². The minimum absolute atomic E-state index is 0.0184. The van der Waals surface area contributed by atoms with E-state index in [9.17, 15) is 18.0 Å². The Morgan fingerprint density at radius 1 is 0.889 bits per heavy atom. The Morgan fingerprint density at radius 2 is 1.53 bits per heavy atom. The molecule has 0 aromatic heterocycles. The number of benzene rings is 4. The third-order valence-corrected chi connectivity index (χ3v) is 9.39. The number of hydrogen-bond donors (Lipinski definition) is 1. The van der Waals surface area contributed by atoms with Crippen LogP contribution in [0.5, 0.6) is 0 Å². The number of anilines is 1. The summed E-state index contributed by atoms with van der Waals surface area (Å²) in [6, 6.07) is 24.1. The van der Waals surface area contributed by atoms with Gasteiger partial charge in [-0.2, -0.15) is 0 Å². The Kier molecular flexibility index (Phi) is 11.3. The fourth-order valence-electron chi connectivity index (χ4n) is 4.77. The lowest BCUT2D eigenvalue weighted by molar-refractivity contribution is -0.140. The zero-order valence-corrected chi connectivity index (χ0v) is 27.4. The summed E-state index contributed by atoms with van der Waals surface area (Å²) >= 11 is 12.8. The Balaban J connectivity index is 1.84. The first kappa shape index (κ1) is 34.0. The molecule has 4 aromatic rings. The van der Waals surface area contributed by atoms with Crippen molar-refractivity contribution < 1.29 is 22.4 Å². The monoisotopic (exact) mass is 669 g/mol. The average Bonchev–Trinajstić information content (AvgIpc) is 3.00. The molecule has 236 valence electrons. The quantitative estimate of drug-likeness (QED) is 0.180. The molecule has 45 heavy (non-hydrogen) atoms. The second kappa shape index (κ2) is 14.9. The first-order valence-electron chi connectivity index (χ1n) is 14.3. The van der Waals surface area contributed by atoms with E-state index in [0.717, 1.165) is 15.4 Å². The van der Waals surface area contributed by atoms with Crippen molar-refractivity contribution in [2.45, 2.75) is 50.7 Å². The molecule has 0 unspecified atom stereocenters. The standard InChI is InChI=1S/C34H34Cl2FN3O4S/c1-23(2)38-34(42)32(19-25-9-5-4-6-10-25)39(21-26-11-7-8-12-30(26)37)33(41)22-40(31-20-27(35)15-18-29(31)36)45(43,44)28-16-13-24(3)14-17-28/h4-18,20,23,32H,19,21-22H2,1-3H3,(H,38,42)/t32-/m0/s1. The first-order valence-corrected chi connectivity index (χ1v) is 16.5. The van der Waals surface area contributed by atoms with Gasteiger partial charge in [-0.1, -0.05) is 89.4 Å². The van der Waals surface area contributed by atoms with Crippen LogP contribution in [0, 0.1) is 12.7 Å². The maximum Gasteiger partial charge on any atom is 0.264 e. The van der Waals surface area contributed by atoms with Crippen molar-refractivity contribution in [3.05, 3.63) is 130 Å². The summed E-state index contributed by atoms with van der Waals surface area (Å²) in [5.74, 6) is -1.78. The molecule has 4 aromatic carbocycles. The van der Waals surface area contributed by atoms with E-state index < -0.39 is 40.2 Å². The minimum atomic E-state index is -4.38. The van der Waals surface area contributed by atoms with E-state index >= 15 is 4.39 Å². The number of aryl methyl sites for hydroxylation is 1. The van der Waals surface area contributed by atoms with Gasteiger partial charge in [0.1, 0.15) is 18.4 Å². The molecule has 0 radical (unpaired) electrons. The number of halogens is 3. The van der Waals surface area contributed by atoms with Crippen molar-refractivity contribution >= 4 is 50.7 Å². The highest BCUT2D eigenvalue weighted by molar-refractivity contribution is 7.92. The van der Waals surface area contributed by atoms with Gasteiger partial charge in [0.05, 0.1) is 15.6 Å². The Morgan fingerprint density at radius 3 is 2.18 bits per heavy atom. The van der Waals surface area contributed by atoms with Gasteiger partial charge in [-0.3, -0.25) is 13.9 Å². The van der Waals surface area contributed by atoms with E-state index in [-0.39, 0.29) is 45.2 Å². The van der Waals surface area contributed by atoms with Gasteiger partial charge in [-0.25, -0.2) is 12.8 Å². The molecule has 0 spiro atoms. The molecule has 0 saturated heterocycles. The predicted octanol–water partition coefficient (Wildman–Crippen LogP) is 6.80. The number of rotatable bonds is 12. The van der Waals surface area contributed by atoms with Gasteiger partial charge in [-0.15, -0.1) is 0 Å². The highest BCUT2D eigenvalue weighted by Gasteiger charge is 2.35. The number of nitrogens with zero attached hydrogens (tertiary/aromatic N) is 2. The smallest absolute Gasteiger partial charge is 0.264 e. The summed E-state index contributed by atoms with van der Waals surface area (Å²) in [5.41, 5.74) is 1.74. The highest BCUT2D eigenvalue weighted by atomic mass is 35.5. The molecular formula is C34H34Cl2FN3O4S. The van der Waals surface area contributed by atoms with Crippen LogP contribution in [0.2, 0.25) is 10.0 Å². The van der Waals surface area contributed by atoms with Crippen molar-refractivity contribution in [2.75, 3.05) is 10.8 Å². The molecule has 2 amide bonds. The molecule has 11 heteroatoms. The number of sulfonamides is 1. The van der Waals surface area contributed by atoms with E-state index in [1.54, 1.807) is 32.0 Å². The fourth-order valence-corrected chi connectivity index (χ4v) is 6.63. The summed E-state index contributed by atoms with van der Waals surface area (Å²) in [6.45, 7) is 4.36. The number of hydrogen-bond acceptors (Lipinski definition) is 4. The first-order chi connectivity index (χ1) is 21.4. The Labute approximate surface area is 273 Å². The predicted molar refractivity (Wildman–Crippen MR) is 176 cm³/mol. The molecule has 0 heterocycles. The van der Waals surface area contributed by atoms with Crippen LogP contribution in [-0.4, -0.2) is 43.8 Å². The SMILES string of the molecule is Cc1ccc(S(=O)(=O)N(CC(=O)N(Cc2ccccc2F)[C@@H](Cc2ccccc2)C(=O)NC(C)C)c2cc(Cl)ccc2Cl)cc1. The minimum Gasteiger partial charge on any atom is -0.352 e. The molecule has 1 atom stereocenters. The molecule has 4 rings (SSSR count). The second-order valence-electron chi connectivity index (χ2n) is 10.9. The molecule has 0 aliphatic heterocycles. The summed E-state index contributed by atoms with van der Waals surface area (Å²) in [4.78, 5) is 29.3. The van der Waals surface area contributed by atoms with Crippen LogP contribution in [0.3, 0.4) is 0 Å².